The molecule has 5 rings (SSSR count). The zero-order valence-corrected chi connectivity index (χ0v) is 43.4. The minimum atomic E-state index is -5.08. The van der Waals surface area contributed by atoms with Gasteiger partial charge < -0.3 is 47.2 Å². The molecule has 30 heteroatoms. The number of aliphatic carboxylic acids is 3. The number of piperidine rings is 1. The van der Waals surface area contributed by atoms with E-state index in [0.29, 0.717) is 48.1 Å². The molecular formula is C49H66F9N9O12. The van der Waals surface area contributed by atoms with E-state index in [4.69, 9.17) is 35.4 Å². The van der Waals surface area contributed by atoms with E-state index in [1.807, 2.05) is 56.3 Å². The van der Waals surface area contributed by atoms with Gasteiger partial charge in [0.2, 0.25) is 29.5 Å². The summed E-state index contributed by atoms with van der Waals surface area (Å²) in [5.41, 5.74) is 7.67. The second kappa shape index (κ2) is 32.1. The fourth-order valence-electron chi connectivity index (χ4n) is 8.16. The number of carboxylic acid groups (broad SMARTS) is 3. The lowest BCUT2D eigenvalue weighted by atomic mass is 9.91. The van der Waals surface area contributed by atoms with Crippen LogP contribution >= 0.6 is 0 Å². The number of likely N-dealkylation sites (tertiary alicyclic amines) is 1. The van der Waals surface area contributed by atoms with E-state index in [1.54, 1.807) is 11.0 Å². The van der Waals surface area contributed by atoms with Crippen LogP contribution in [0.15, 0.2) is 48.5 Å². The van der Waals surface area contributed by atoms with Gasteiger partial charge in [-0.1, -0.05) is 51.0 Å². The highest BCUT2D eigenvalue weighted by molar-refractivity contribution is 6.18. The minimum Gasteiger partial charge on any atom is -0.475 e. The Kier molecular flexibility index (Phi) is 27.6. The highest BCUT2D eigenvalue weighted by Crippen LogP contribution is 2.38. The summed E-state index contributed by atoms with van der Waals surface area (Å²) in [6.07, 6.45) is -9.12. The number of fused-ring (bicyclic) bond motifs is 2. The van der Waals surface area contributed by atoms with Gasteiger partial charge in [-0.05, 0) is 87.8 Å². The lowest BCUT2D eigenvalue weighted by Gasteiger charge is -2.35. The number of hydrogen-bond acceptors (Lipinski definition) is 12. The van der Waals surface area contributed by atoms with Crippen LogP contribution in [-0.2, 0) is 38.4 Å². The molecule has 21 nitrogen and oxygen atoms in total. The summed E-state index contributed by atoms with van der Waals surface area (Å²) in [5.74, 6) is -9.47. The van der Waals surface area contributed by atoms with Crippen LogP contribution in [0.4, 0.5) is 56.6 Å². The largest absolute Gasteiger partial charge is 0.490 e. The van der Waals surface area contributed by atoms with Crippen molar-refractivity contribution in [2.75, 3.05) is 75.7 Å². The topological polar surface area (TPSA) is 301 Å². The molecule has 0 aromatic heterocycles. The number of carbonyl (C=O) groups is 9. The average Bonchev–Trinajstić information content (AvgIpc) is 3.47. The van der Waals surface area contributed by atoms with Crippen molar-refractivity contribution in [2.24, 2.45) is 17.6 Å². The third-order valence-corrected chi connectivity index (χ3v) is 12.1. The molecule has 442 valence electrons. The van der Waals surface area contributed by atoms with Gasteiger partial charge in [0.15, 0.2) is 0 Å². The van der Waals surface area contributed by atoms with Crippen LogP contribution in [0.1, 0.15) is 82.5 Å². The van der Waals surface area contributed by atoms with Crippen LogP contribution < -0.4 is 31.9 Å². The Morgan fingerprint density at radius 3 is 1.66 bits per heavy atom. The molecule has 2 saturated heterocycles. The molecule has 0 unspecified atom stereocenters. The Morgan fingerprint density at radius 1 is 0.671 bits per heavy atom. The SMILES string of the molecule is CC(=O)N[C@@H](CCC(N)=O)C(=O)N[C@@H](CC(C)C)C(=O)NCCN1CCN(CCCCC2CCN(CC(=O)N3c4ccccc4NC(=O)c4ccccc43)CC2)CC1.O=C(O)C(F)(F)F.O=C(O)C(F)(F)F.O=C(O)C(F)(F)F. The molecule has 3 aliphatic rings. The summed E-state index contributed by atoms with van der Waals surface area (Å²) in [4.78, 5) is 111. The molecule has 3 aliphatic heterocycles. The van der Waals surface area contributed by atoms with Gasteiger partial charge in [0.05, 0.1) is 29.2 Å². The standard InChI is InChI=1S/C43H63N9O6.3C2HF3O2/c1-30(2)28-36(48-43(58)35(46-31(3)53)15-16-39(44)54)42(57)45-19-23-50-26-24-49(25-27-50)20-9-8-10-32-17-21-51(22-18-32)29-40(55)52-37-13-6-4-11-33(37)41(56)47-34-12-5-7-14-38(34)52;3*3-2(4,5)1(6)7/h4-7,11-14,30,32,35-36H,8-10,15-29H2,1-3H3,(H2,44,54)(H,45,57)(H,46,53)(H,47,56)(H,48,58);3*(H,6,7)/t35-,36-;;;/m0.../s1. The summed E-state index contributed by atoms with van der Waals surface area (Å²) in [5, 5.41) is 32.7. The van der Waals surface area contributed by atoms with Crippen molar-refractivity contribution in [3.8, 4) is 0 Å². The quantitative estimate of drug-likeness (QED) is 0.0697. The van der Waals surface area contributed by atoms with Crippen LogP contribution in [-0.4, -0.2) is 179 Å². The normalized spacial score (nSPS) is 16.0. The average molecular weight is 1140 g/mol. The molecule has 3 heterocycles. The van der Waals surface area contributed by atoms with Gasteiger partial charge in [-0.2, -0.15) is 39.5 Å². The lowest BCUT2D eigenvalue weighted by molar-refractivity contribution is -0.193. The highest BCUT2D eigenvalue weighted by Gasteiger charge is 2.40. The summed E-state index contributed by atoms with van der Waals surface area (Å²) in [6, 6.07) is 13.0. The van der Waals surface area contributed by atoms with Crippen LogP contribution in [0, 0.1) is 11.8 Å². The first kappa shape index (κ1) is 68.0. The molecule has 9 N–H and O–H groups in total. The Bertz CT molecular complexity index is 2320. The number of nitrogens with one attached hydrogen (secondary N) is 4. The predicted octanol–water partition coefficient (Wildman–Crippen LogP) is 4.73. The van der Waals surface area contributed by atoms with Crippen molar-refractivity contribution >= 4 is 70.4 Å². The van der Waals surface area contributed by atoms with E-state index in [1.165, 1.54) is 19.8 Å². The zero-order chi connectivity index (χ0) is 59.8. The number of halogens is 9. The number of anilines is 3. The van der Waals surface area contributed by atoms with Gasteiger partial charge in [0.1, 0.15) is 12.1 Å². The first-order chi connectivity index (χ1) is 36.7. The number of para-hydroxylation sites is 3. The van der Waals surface area contributed by atoms with E-state index in [2.05, 4.69) is 36.0 Å². The maximum atomic E-state index is 13.8. The minimum absolute atomic E-state index is 0.0367. The number of piperazine rings is 1. The Labute approximate surface area is 448 Å². The number of primary amides is 1. The molecule has 0 bridgehead atoms. The van der Waals surface area contributed by atoms with Gasteiger partial charge in [-0.25, -0.2) is 14.4 Å². The number of nitrogens with two attached hydrogens (primary N) is 1. The fourth-order valence-corrected chi connectivity index (χ4v) is 8.16. The number of unbranched alkanes of at least 4 members (excludes halogenated alkanes) is 1. The van der Waals surface area contributed by atoms with Crippen molar-refractivity contribution in [3.05, 3.63) is 54.1 Å². The third-order valence-electron chi connectivity index (χ3n) is 12.1. The highest BCUT2D eigenvalue weighted by atomic mass is 19.4. The first-order valence-electron chi connectivity index (χ1n) is 24.7. The summed E-state index contributed by atoms with van der Waals surface area (Å²) >= 11 is 0. The summed E-state index contributed by atoms with van der Waals surface area (Å²) in [7, 11) is 0. The number of carbonyl (C=O) groups excluding carboxylic acids is 6. The fraction of sp³-hybridized carbons (Fsp3) is 0.571. The van der Waals surface area contributed by atoms with Gasteiger partial charge >= 0.3 is 36.4 Å². The maximum absolute atomic E-state index is 13.8. The molecule has 2 aromatic rings. The lowest BCUT2D eigenvalue weighted by Crippen LogP contribution is -2.55. The van der Waals surface area contributed by atoms with Gasteiger partial charge in [-0.15, -0.1) is 0 Å². The molecule has 0 saturated carbocycles. The molecule has 0 aliphatic carbocycles. The number of nitrogens with zero attached hydrogens (tertiary/aromatic N) is 4. The van der Waals surface area contributed by atoms with E-state index >= 15 is 0 Å². The van der Waals surface area contributed by atoms with Crippen molar-refractivity contribution in [3.63, 3.8) is 0 Å². The second-order valence-corrected chi connectivity index (χ2v) is 18.8. The maximum Gasteiger partial charge on any atom is 0.490 e. The summed E-state index contributed by atoms with van der Waals surface area (Å²) < 4.78 is 95.2. The number of benzene rings is 2. The predicted molar refractivity (Wildman–Crippen MR) is 265 cm³/mol. The number of amides is 6. The van der Waals surface area contributed by atoms with E-state index < -0.39 is 66.2 Å². The van der Waals surface area contributed by atoms with Crippen LogP contribution in [0.25, 0.3) is 0 Å². The van der Waals surface area contributed by atoms with Gasteiger partial charge in [0, 0.05) is 52.6 Å². The monoisotopic (exact) mass is 1140 g/mol. The van der Waals surface area contributed by atoms with Crippen molar-refractivity contribution in [1.82, 2.24) is 30.7 Å². The van der Waals surface area contributed by atoms with E-state index in [9.17, 15) is 68.3 Å². The Hall–Kier alpha value is -7.08. The molecule has 6 amide bonds. The Morgan fingerprint density at radius 2 is 1.16 bits per heavy atom. The van der Waals surface area contributed by atoms with Crippen molar-refractivity contribution in [2.45, 2.75) is 103 Å². The molecule has 0 radical (unpaired) electrons. The molecule has 79 heavy (non-hydrogen) atoms. The molecule has 2 fully saturated rings. The summed E-state index contributed by atoms with van der Waals surface area (Å²) in [6.45, 7) is 13.4. The van der Waals surface area contributed by atoms with Crippen molar-refractivity contribution < 1.29 is 98.0 Å². The number of carboxylic acids is 3. The number of hydrogen-bond donors (Lipinski definition) is 8. The third kappa shape index (κ3) is 25.5. The number of alkyl halides is 9. The van der Waals surface area contributed by atoms with Crippen LogP contribution in [0.3, 0.4) is 0 Å². The van der Waals surface area contributed by atoms with E-state index in [0.717, 1.165) is 71.6 Å². The smallest absolute Gasteiger partial charge is 0.475 e. The second-order valence-electron chi connectivity index (χ2n) is 18.8. The molecule has 2 atom stereocenters. The first-order valence-corrected chi connectivity index (χ1v) is 24.7. The molecule has 2 aromatic carbocycles. The van der Waals surface area contributed by atoms with Crippen LogP contribution in [0.5, 0.6) is 0 Å². The molecule has 0 spiro atoms. The van der Waals surface area contributed by atoms with Crippen LogP contribution in [0.2, 0.25) is 0 Å². The van der Waals surface area contributed by atoms with E-state index in [-0.39, 0.29) is 36.5 Å². The zero-order valence-electron chi connectivity index (χ0n) is 43.4. The van der Waals surface area contributed by atoms with Crippen molar-refractivity contribution in [1.29, 1.82) is 0 Å². The van der Waals surface area contributed by atoms with Gasteiger partial charge in [0.25, 0.3) is 5.91 Å². The number of rotatable bonds is 19. The van der Waals surface area contributed by atoms with Gasteiger partial charge in [-0.3, -0.25) is 43.5 Å². The molecular weight excluding hydrogens is 1080 g/mol. The Balaban J connectivity index is 0.000000854.